The fourth-order valence-electron chi connectivity index (χ4n) is 4.28. The lowest BCUT2D eigenvalue weighted by atomic mass is 9.74. The van der Waals surface area contributed by atoms with Crippen LogP contribution in [0.15, 0.2) is 42.5 Å². The molecule has 1 saturated heterocycles. The maximum Gasteiger partial charge on any atom is 0.258 e. The lowest BCUT2D eigenvalue weighted by molar-refractivity contribution is 0.0979. The number of carbonyl (C=O) groups excluding carboxylic acids is 1. The van der Waals surface area contributed by atoms with E-state index in [1.165, 1.54) is 11.1 Å². The monoisotopic (exact) mass is 350 g/mol. The first kappa shape index (κ1) is 17.1. The molecular weight excluding hydrogens is 324 g/mol. The Bertz CT molecular complexity index is 821. The van der Waals surface area contributed by atoms with E-state index in [1.54, 1.807) is 7.11 Å². The van der Waals surface area contributed by atoms with Crippen LogP contribution in [0, 0.1) is 6.92 Å². The van der Waals surface area contributed by atoms with Crippen molar-refractivity contribution in [3.8, 4) is 5.75 Å². The van der Waals surface area contributed by atoms with Crippen molar-refractivity contribution >= 4 is 11.6 Å². The van der Waals surface area contributed by atoms with Crippen LogP contribution in [0.1, 0.15) is 34.3 Å². The molecule has 136 valence electrons. The maximum atomic E-state index is 13.3. The van der Waals surface area contributed by atoms with E-state index in [2.05, 4.69) is 18.0 Å². The van der Waals surface area contributed by atoms with Gasteiger partial charge < -0.3 is 14.5 Å². The van der Waals surface area contributed by atoms with Crippen LogP contribution in [0.25, 0.3) is 0 Å². The summed E-state index contributed by atoms with van der Waals surface area (Å²) in [4.78, 5) is 17.6. The summed E-state index contributed by atoms with van der Waals surface area (Å²) in [6, 6.07) is 14.0. The van der Waals surface area contributed by atoms with E-state index in [0.29, 0.717) is 0 Å². The molecule has 4 nitrogen and oxygen atoms in total. The molecule has 1 amide bonds. The second kappa shape index (κ2) is 6.44. The number of carbonyl (C=O) groups is 1. The maximum absolute atomic E-state index is 13.3. The Morgan fingerprint density at radius 3 is 2.42 bits per heavy atom. The third-order valence-electron chi connectivity index (χ3n) is 6.01. The van der Waals surface area contributed by atoms with Crippen LogP contribution in [0.4, 0.5) is 5.69 Å². The minimum absolute atomic E-state index is 0.0384. The molecule has 0 aliphatic carbocycles. The van der Waals surface area contributed by atoms with E-state index < -0.39 is 0 Å². The van der Waals surface area contributed by atoms with E-state index in [-0.39, 0.29) is 11.3 Å². The number of likely N-dealkylation sites (tertiary alicyclic amines) is 1. The number of rotatable bonds is 2. The predicted molar refractivity (Wildman–Crippen MR) is 104 cm³/mol. The molecular formula is C22H26N2O2. The smallest absolute Gasteiger partial charge is 0.258 e. The van der Waals surface area contributed by atoms with Crippen molar-refractivity contribution in [2.75, 3.05) is 38.7 Å². The largest absolute Gasteiger partial charge is 0.497 e. The van der Waals surface area contributed by atoms with Gasteiger partial charge in [0.2, 0.25) is 0 Å². The molecule has 0 bridgehead atoms. The van der Waals surface area contributed by atoms with E-state index in [0.717, 1.165) is 49.5 Å². The number of hydrogen-bond donors (Lipinski definition) is 0. The number of fused-ring (bicyclic) bond motifs is 2. The van der Waals surface area contributed by atoms with Gasteiger partial charge in [-0.25, -0.2) is 0 Å². The van der Waals surface area contributed by atoms with Gasteiger partial charge in [-0.05, 0) is 75.8 Å². The lowest BCUT2D eigenvalue weighted by Crippen LogP contribution is -2.44. The standard InChI is InChI=1S/C22H26N2O2/c1-16-4-6-17(7-5-16)21(25)24-15-22(10-12-23(2)13-11-22)19-14-18(26-3)8-9-20(19)24/h4-9,14H,10-13,15H2,1-3H3. The molecule has 1 fully saturated rings. The number of anilines is 1. The zero-order chi connectivity index (χ0) is 18.3. The van der Waals surface area contributed by atoms with Crippen LogP contribution < -0.4 is 9.64 Å². The molecule has 0 unspecified atom stereocenters. The zero-order valence-corrected chi connectivity index (χ0v) is 15.8. The topological polar surface area (TPSA) is 32.8 Å². The molecule has 26 heavy (non-hydrogen) atoms. The molecule has 0 atom stereocenters. The molecule has 2 aliphatic heterocycles. The molecule has 2 heterocycles. The van der Waals surface area contributed by atoms with E-state index in [1.807, 2.05) is 48.2 Å². The van der Waals surface area contributed by atoms with E-state index >= 15 is 0 Å². The molecule has 4 rings (SSSR count). The summed E-state index contributed by atoms with van der Waals surface area (Å²) in [5.41, 5.74) is 4.27. The number of amides is 1. The van der Waals surface area contributed by atoms with Crippen molar-refractivity contribution in [2.24, 2.45) is 0 Å². The summed E-state index contributed by atoms with van der Waals surface area (Å²) in [6.45, 7) is 4.92. The Kier molecular flexibility index (Phi) is 4.23. The first-order valence-electron chi connectivity index (χ1n) is 9.28. The first-order valence-corrected chi connectivity index (χ1v) is 9.28. The highest BCUT2D eigenvalue weighted by atomic mass is 16.5. The molecule has 4 heteroatoms. The first-order chi connectivity index (χ1) is 12.5. The molecule has 2 aromatic rings. The fraction of sp³-hybridized carbons (Fsp3) is 0.409. The summed E-state index contributed by atoms with van der Waals surface area (Å²) >= 11 is 0. The minimum Gasteiger partial charge on any atom is -0.497 e. The molecule has 0 radical (unpaired) electrons. The molecule has 0 N–H and O–H groups in total. The van der Waals surface area contributed by atoms with Crippen LogP contribution in [-0.4, -0.2) is 44.6 Å². The lowest BCUT2D eigenvalue weighted by Gasteiger charge is -2.38. The number of hydrogen-bond acceptors (Lipinski definition) is 3. The van der Waals surface area contributed by atoms with Gasteiger partial charge in [-0.15, -0.1) is 0 Å². The highest BCUT2D eigenvalue weighted by Gasteiger charge is 2.46. The van der Waals surface area contributed by atoms with Crippen molar-refractivity contribution in [2.45, 2.75) is 25.2 Å². The molecule has 0 aromatic heterocycles. The number of nitrogens with zero attached hydrogens (tertiary/aromatic N) is 2. The van der Waals surface area contributed by atoms with Crippen LogP contribution in [-0.2, 0) is 5.41 Å². The number of benzene rings is 2. The highest BCUT2D eigenvalue weighted by Crippen LogP contribution is 2.48. The third-order valence-corrected chi connectivity index (χ3v) is 6.01. The Labute approximate surface area is 155 Å². The number of methoxy groups -OCH3 is 1. The molecule has 2 aliphatic rings. The van der Waals surface area contributed by atoms with Gasteiger partial charge in [0.1, 0.15) is 5.75 Å². The Morgan fingerprint density at radius 2 is 1.77 bits per heavy atom. The van der Waals surface area contributed by atoms with Gasteiger partial charge in [0.05, 0.1) is 7.11 Å². The van der Waals surface area contributed by atoms with Crippen molar-refractivity contribution < 1.29 is 9.53 Å². The van der Waals surface area contributed by atoms with Gasteiger partial charge in [-0.1, -0.05) is 17.7 Å². The Morgan fingerprint density at radius 1 is 1.08 bits per heavy atom. The van der Waals surface area contributed by atoms with Crippen LogP contribution in [0.3, 0.4) is 0 Å². The van der Waals surface area contributed by atoms with Crippen LogP contribution in [0.5, 0.6) is 5.75 Å². The second-order valence-corrected chi connectivity index (χ2v) is 7.72. The van der Waals surface area contributed by atoms with Crippen molar-refractivity contribution in [3.05, 3.63) is 59.2 Å². The third kappa shape index (κ3) is 2.78. The quantitative estimate of drug-likeness (QED) is 0.829. The summed E-state index contributed by atoms with van der Waals surface area (Å²) in [5, 5.41) is 0. The van der Waals surface area contributed by atoms with E-state index in [9.17, 15) is 4.79 Å². The van der Waals surface area contributed by atoms with Gasteiger partial charge in [-0.2, -0.15) is 0 Å². The summed E-state index contributed by atoms with van der Waals surface area (Å²) < 4.78 is 5.47. The minimum atomic E-state index is 0.0384. The predicted octanol–water partition coefficient (Wildman–Crippen LogP) is 3.63. The Balaban J connectivity index is 1.74. The normalized spacial score (nSPS) is 18.8. The van der Waals surface area contributed by atoms with Gasteiger partial charge >= 0.3 is 0 Å². The highest BCUT2D eigenvalue weighted by molar-refractivity contribution is 6.07. The molecule has 2 aromatic carbocycles. The number of ether oxygens (including phenoxy) is 1. The van der Waals surface area contributed by atoms with Gasteiger partial charge in [0.15, 0.2) is 0 Å². The van der Waals surface area contributed by atoms with Crippen molar-refractivity contribution in [3.63, 3.8) is 0 Å². The summed E-state index contributed by atoms with van der Waals surface area (Å²) in [6.07, 6.45) is 2.14. The summed E-state index contributed by atoms with van der Waals surface area (Å²) in [5.74, 6) is 0.957. The fourth-order valence-corrected chi connectivity index (χ4v) is 4.28. The van der Waals surface area contributed by atoms with Crippen molar-refractivity contribution in [1.82, 2.24) is 4.90 Å². The number of aryl methyl sites for hydroxylation is 1. The number of piperidine rings is 1. The van der Waals surface area contributed by atoms with Crippen LogP contribution >= 0.6 is 0 Å². The Hall–Kier alpha value is -2.33. The second-order valence-electron chi connectivity index (χ2n) is 7.72. The molecule has 0 saturated carbocycles. The van der Waals surface area contributed by atoms with Gasteiger partial charge in [0, 0.05) is 23.2 Å². The van der Waals surface area contributed by atoms with E-state index in [4.69, 9.17) is 4.74 Å². The SMILES string of the molecule is COc1ccc2c(c1)C1(CCN(C)CC1)CN2C(=O)c1ccc(C)cc1. The van der Waals surface area contributed by atoms with Crippen LogP contribution in [0.2, 0.25) is 0 Å². The average Bonchev–Trinajstić information content (AvgIpc) is 2.98. The zero-order valence-electron chi connectivity index (χ0n) is 15.8. The van der Waals surface area contributed by atoms with Gasteiger partial charge in [-0.3, -0.25) is 4.79 Å². The average molecular weight is 350 g/mol. The molecule has 1 spiro atoms. The van der Waals surface area contributed by atoms with Gasteiger partial charge in [0.25, 0.3) is 5.91 Å². The van der Waals surface area contributed by atoms with Crippen molar-refractivity contribution in [1.29, 1.82) is 0 Å². The summed E-state index contributed by atoms with van der Waals surface area (Å²) in [7, 11) is 3.87.